The summed E-state index contributed by atoms with van der Waals surface area (Å²) in [5, 5.41) is 0. The molecular weight excluding hydrogens is 136 g/mol. The maximum absolute atomic E-state index is 11.7. The molecule has 4 heteroatoms. The zero-order valence-electron chi connectivity index (χ0n) is 4.87. The minimum absolute atomic E-state index is 0.583. The van der Waals surface area contributed by atoms with Gasteiger partial charge in [-0.05, 0) is 6.92 Å². The van der Waals surface area contributed by atoms with Crippen LogP contribution in [0.2, 0.25) is 0 Å². The molecule has 0 spiro atoms. The lowest BCUT2D eigenvalue weighted by Crippen LogP contribution is -2.10. The lowest BCUT2D eigenvalue weighted by molar-refractivity contribution is -0.129. The first-order chi connectivity index (χ1) is 3.92. The van der Waals surface area contributed by atoms with Crippen LogP contribution in [-0.2, 0) is 0 Å². The van der Waals surface area contributed by atoms with Gasteiger partial charge in [0.15, 0.2) is 0 Å². The Labute approximate surface area is 50.9 Å². The number of hydrogen-bond donors (Lipinski definition) is 0. The van der Waals surface area contributed by atoms with Crippen LogP contribution in [0.15, 0.2) is 0 Å². The van der Waals surface area contributed by atoms with Crippen LogP contribution in [0.25, 0.3) is 0 Å². The first kappa shape index (κ1) is 8.72. The first-order valence-corrected chi connectivity index (χ1v) is 2.46. The van der Waals surface area contributed by atoms with Gasteiger partial charge < -0.3 is 0 Å². The highest BCUT2D eigenvalue weighted by Gasteiger charge is 2.27. The number of halogens is 4. The van der Waals surface area contributed by atoms with Gasteiger partial charge in [-0.2, -0.15) is 13.2 Å². The lowest BCUT2D eigenvalue weighted by atomic mass is 10.2. The quantitative estimate of drug-likeness (QED) is 0.521. The largest absolute Gasteiger partial charge is 0.389 e. The van der Waals surface area contributed by atoms with Crippen LogP contribution in [0.3, 0.4) is 0 Å². The molecule has 0 nitrogen and oxygen atoms in total. The van der Waals surface area contributed by atoms with Crippen LogP contribution in [0.5, 0.6) is 0 Å². The third kappa shape index (κ3) is 7.72. The Morgan fingerprint density at radius 1 is 1.44 bits per heavy atom. The second kappa shape index (κ2) is 3.03. The second-order valence-electron chi connectivity index (χ2n) is 1.73. The summed E-state index contributed by atoms with van der Waals surface area (Å²) in [6.45, 7) is 1.06. The van der Waals surface area contributed by atoms with Crippen molar-refractivity contribution >= 4 is 0 Å². The van der Waals surface area contributed by atoms with Gasteiger partial charge in [0.05, 0.1) is 0 Å². The third-order valence-electron chi connectivity index (χ3n) is 0.674. The summed E-state index contributed by atoms with van der Waals surface area (Å²) >= 11 is 0. The minimum atomic E-state index is -4.26. The van der Waals surface area contributed by atoms with Crippen molar-refractivity contribution in [3.05, 3.63) is 6.42 Å². The molecule has 0 aliphatic carbocycles. The Kier molecular flexibility index (Phi) is 2.94. The first-order valence-electron chi connectivity index (χ1n) is 2.46. The molecule has 0 aliphatic heterocycles. The van der Waals surface area contributed by atoms with Gasteiger partial charge in [-0.15, -0.1) is 0 Å². The molecule has 0 aromatic rings. The van der Waals surface area contributed by atoms with E-state index >= 15 is 0 Å². The molecule has 0 N–H and O–H groups in total. The number of hydrogen-bond acceptors (Lipinski definition) is 0. The van der Waals surface area contributed by atoms with E-state index in [0.29, 0.717) is 6.42 Å². The van der Waals surface area contributed by atoms with Crippen molar-refractivity contribution in [1.29, 1.82) is 0 Å². The maximum atomic E-state index is 11.7. The van der Waals surface area contributed by atoms with Gasteiger partial charge >= 0.3 is 6.18 Å². The standard InChI is InChI=1S/C5H7F4/c1-4(6)2-3-5(7,8)9/h2,4H,3H2,1H3. The molecule has 0 aliphatic rings. The molecule has 0 saturated heterocycles. The van der Waals surface area contributed by atoms with Gasteiger partial charge in [-0.25, -0.2) is 4.39 Å². The fourth-order valence-corrected chi connectivity index (χ4v) is 0.296. The fraction of sp³-hybridized carbons (Fsp3) is 0.800. The molecule has 0 heterocycles. The van der Waals surface area contributed by atoms with Crippen LogP contribution in [-0.4, -0.2) is 12.3 Å². The molecule has 1 radical (unpaired) electrons. The summed E-state index contributed by atoms with van der Waals surface area (Å²) in [6.07, 6.45) is -6.31. The average molecular weight is 143 g/mol. The highest BCUT2D eigenvalue weighted by atomic mass is 19.4. The molecule has 0 bridgehead atoms. The highest BCUT2D eigenvalue weighted by Crippen LogP contribution is 2.21. The molecule has 0 rings (SSSR count). The Balaban J connectivity index is 3.28. The number of alkyl halides is 4. The van der Waals surface area contributed by atoms with Crippen LogP contribution < -0.4 is 0 Å². The molecule has 0 saturated carbocycles. The van der Waals surface area contributed by atoms with E-state index in [0.717, 1.165) is 6.92 Å². The van der Waals surface area contributed by atoms with E-state index in [9.17, 15) is 17.6 Å². The summed E-state index contributed by atoms with van der Waals surface area (Å²) in [6, 6.07) is 0. The van der Waals surface area contributed by atoms with Crippen LogP contribution in [0, 0.1) is 6.42 Å². The van der Waals surface area contributed by atoms with Gasteiger partial charge in [-0.3, -0.25) is 0 Å². The van der Waals surface area contributed by atoms with Gasteiger partial charge in [-0.1, -0.05) is 0 Å². The average Bonchev–Trinajstić information content (AvgIpc) is 1.59. The fourth-order valence-electron chi connectivity index (χ4n) is 0.296. The minimum Gasteiger partial charge on any atom is -0.247 e. The van der Waals surface area contributed by atoms with Crippen LogP contribution >= 0.6 is 0 Å². The zero-order chi connectivity index (χ0) is 7.49. The topological polar surface area (TPSA) is 0 Å². The summed E-state index contributed by atoms with van der Waals surface area (Å²) < 4.78 is 45.3. The van der Waals surface area contributed by atoms with Crippen molar-refractivity contribution in [2.75, 3.05) is 0 Å². The molecule has 0 aromatic carbocycles. The normalized spacial score (nSPS) is 15.7. The molecule has 55 valence electrons. The van der Waals surface area contributed by atoms with E-state index in [1.54, 1.807) is 0 Å². The van der Waals surface area contributed by atoms with Crippen LogP contribution in [0.1, 0.15) is 13.3 Å². The molecule has 0 aromatic heterocycles. The van der Waals surface area contributed by atoms with Gasteiger partial charge in [0, 0.05) is 12.8 Å². The summed E-state index contributed by atoms with van der Waals surface area (Å²) in [5.41, 5.74) is 0. The van der Waals surface area contributed by atoms with Crippen molar-refractivity contribution in [3.63, 3.8) is 0 Å². The van der Waals surface area contributed by atoms with E-state index in [4.69, 9.17) is 0 Å². The Morgan fingerprint density at radius 3 is 2.00 bits per heavy atom. The predicted octanol–water partition coefficient (Wildman–Crippen LogP) is 2.50. The van der Waals surface area contributed by atoms with Crippen molar-refractivity contribution in [2.24, 2.45) is 0 Å². The van der Waals surface area contributed by atoms with E-state index in [2.05, 4.69) is 0 Å². The maximum Gasteiger partial charge on any atom is 0.389 e. The summed E-state index contributed by atoms with van der Waals surface area (Å²) in [4.78, 5) is 0. The van der Waals surface area contributed by atoms with Gasteiger partial charge in [0.25, 0.3) is 0 Å². The smallest absolute Gasteiger partial charge is 0.247 e. The van der Waals surface area contributed by atoms with E-state index in [1.807, 2.05) is 0 Å². The molecule has 9 heavy (non-hydrogen) atoms. The Morgan fingerprint density at radius 2 is 1.89 bits per heavy atom. The molecule has 1 atom stereocenters. The van der Waals surface area contributed by atoms with Crippen molar-refractivity contribution in [2.45, 2.75) is 25.7 Å². The summed E-state index contributed by atoms with van der Waals surface area (Å²) in [5.74, 6) is 0. The third-order valence-corrected chi connectivity index (χ3v) is 0.674. The van der Waals surface area contributed by atoms with E-state index < -0.39 is 18.8 Å². The van der Waals surface area contributed by atoms with E-state index in [1.165, 1.54) is 0 Å². The van der Waals surface area contributed by atoms with Crippen molar-refractivity contribution < 1.29 is 17.6 Å². The molecule has 0 fully saturated rings. The van der Waals surface area contributed by atoms with Crippen LogP contribution in [0.4, 0.5) is 17.6 Å². The molecular formula is C5H7F4. The molecule has 1 unspecified atom stereocenters. The summed E-state index contributed by atoms with van der Waals surface area (Å²) in [7, 11) is 0. The molecule has 0 amide bonds. The van der Waals surface area contributed by atoms with Crippen molar-refractivity contribution in [3.8, 4) is 0 Å². The second-order valence-corrected chi connectivity index (χ2v) is 1.73. The van der Waals surface area contributed by atoms with E-state index in [-0.39, 0.29) is 0 Å². The Hall–Kier alpha value is -0.280. The highest BCUT2D eigenvalue weighted by molar-refractivity contribution is 4.74. The zero-order valence-corrected chi connectivity index (χ0v) is 4.87. The monoisotopic (exact) mass is 143 g/mol. The predicted molar refractivity (Wildman–Crippen MR) is 25.5 cm³/mol. The Bertz CT molecular complexity index is 73.5. The van der Waals surface area contributed by atoms with Gasteiger partial charge in [0.1, 0.15) is 6.17 Å². The number of rotatable bonds is 2. The SMILES string of the molecule is CC(F)[CH]CC(F)(F)F. The van der Waals surface area contributed by atoms with Gasteiger partial charge in [0.2, 0.25) is 0 Å². The lowest BCUT2D eigenvalue weighted by Gasteiger charge is -2.04. The van der Waals surface area contributed by atoms with Crippen molar-refractivity contribution in [1.82, 2.24) is 0 Å².